The Balaban J connectivity index is 2.11. The third kappa shape index (κ3) is 3.75. The Hall–Kier alpha value is -2.11. The molecule has 1 aromatic heterocycles. The summed E-state index contributed by atoms with van der Waals surface area (Å²) < 4.78 is 1.44. The number of pyridine rings is 1. The SMILES string of the molecule is CCn1cccc(C(=O)N/N=C\c2ccc(Cl)c(Cl)c2)c1=O. The Morgan fingerprint density at radius 2 is 2.09 bits per heavy atom. The van der Waals surface area contributed by atoms with Crippen molar-refractivity contribution in [1.29, 1.82) is 0 Å². The van der Waals surface area contributed by atoms with Crippen LogP contribution in [0.1, 0.15) is 22.8 Å². The summed E-state index contributed by atoms with van der Waals surface area (Å²) in [6, 6.07) is 8.05. The van der Waals surface area contributed by atoms with Gasteiger partial charge in [-0.05, 0) is 36.8 Å². The second kappa shape index (κ2) is 7.24. The van der Waals surface area contributed by atoms with Crippen molar-refractivity contribution >= 4 is 35.3 Å². The molecule has 0 bridgehead atoms. The van der Waals surface area contributed by atoms with Gasteiger partial charge in [0.2, 0.25) is 0 Å². The Bertz CT molecular complexity index is 785. The van der Waals surface area contributed by atoms with Crippen LogP contribution in [-0.2, 0) is 6.54 Å². The highest BCUT2D eigenvalue weighted by molar-refractivity contribution is 6.42. The van der Waals surface area contributed by atoms with E-state index in [0.717, 1.165) is 0 Å². The molecule has 0 aliphatic rings. The lowest BCUT2D eigenvalue weighted by atomic mass is 10.2. The van der Waals surface area contributed by atoms with Crippen LogP contribution >= 0.6 is 23.2 Å². The zero-order valence-electron chi connectivity index (χ0n) is 11.7. The van der Waals surface area contributed by atoms with Crippen LogP contribution in [0.25, 0.3) is 0 Å². The molecule has 0 unspecified atom stereocenters. The van der Waals surface area contributed by atoms with E-state index < -0.39 is 5.91 Å². The Labute approximate surface area is 137 Å². The maximum absolute atomic E-state index is 12.0. The maximum Gasteiger partial charge on any atom is 0.276 e. The van der Waals surface area contributed by atoms with Crippen molar-refractivity contribution < 1.29 is 4.79 Å². The molecule has 0 saturated heterocycles. The highest BCUT2D eigenvalue weighted by Crippen LogP contribution is 2.21. The molecule has 22 heavy (non-hydrogen) atoms. The van der Waals surface area contributed by atoms with Crippen LogP contribution in [-0.4, -0.2) is 16.7 Å². The van der Waals surface area contributed by atoms with Crippen molar-refractivity contribution in [3.8, 4) is 0 Å². The summed E-state index contributed by atoms with van der Waals surface area (Å²) in [6.45, 7) is 2.32. The second-order valence-electron chi connectivity index (χ2n) is 4.39. The van der Waals surface area contributed by atoms with Crippen molar-refractivity contribution in [3.63, 3.8) is 0 Å². The number of nitrogens with one attached hydrogen (secondary N) is 1. The standard InChI is InChI=1S/C15H13Cl2N3O2/c1-2-20-7-3-4-11(15(20)22)14(21)19-18-9-10-5-6-12(16)13(17)8-10/h3-9H,2H2,1H3,(H,19,21)/b18-9-. The highest BCUT2D eigenvalue weighted by Gasteiger charge is 2.10. The van der Waals surface area contributed by atoms with Gasteiger partial charge in [-0.2, -0.15) is 5.10 Å². The zero-order chi connectivity index (χ0) is 16.1. The van der Waals surface area contributed by atoms with Gasteiger partial charge in [-0.1, -0.05) is 29.3 Å². The number of rotatable bonds is 4. The predicted molar refractivity (Wildman–Crippen MR) is 87.9 cm³/mol. The number of hydrogen-bond acceptors (Lipinski definition) is 3. The van der Waals surface area contributed by atoms with Crippen LogP contribution in [0, 0.1) is 0 Å². The molecule has 0 aliphatic carbocycles. The average molecular weight is 338 g/mol. The molecule has 1 aromatic carbocycles. The molecule has 1 amide bonds. The van der Waals surface area contributed by atoms with E-state index in [4.69, 9.17) is 23.2 Å². The number of halogens is 2. The number of aromatic nitrogens is 1. The lowest BCUT2D eigenvalue weighted by molar-refractivity contribution is 0.0953. The van der Waals surface area contributed by atoms with Gasteiger partial charge in [-0.25, -0.2) is 5.43 Å². The third-order valence-corrected chi connectivity index (χ3v) is 3.67. The number of amides is 1. The van der Waals surface area contributed by atoms with Crippen LogP contribution in [0.3, 0.4) is 0 Å². The predicted octanol–water partition coefficient (Wildman–Crippen LogP) is 2.94. The van der Waals surface area contributed by atoms with E-state index in [0.29, 0.717) is 22.2 Å². The van der Waals surface area contributed by atoms with Gasteiger partial charge in [0.1, 0.15) is 5.56 Å². The molecule has 0 fully saturated rings. The van der Waals surface area contributed by atoms with Crippen molar-refractivity contribution in [3.05, 3.63) is 68.1 Å². The monoisotopic (exact) mass is 337 g/mol. The fourth-order valence-electron chi connectivity index (χ4n) is 1.78. The quantitative estimate of drug-likeness (QED) is 0.688. The second-order valence-corrected chi connectivity index (χ2v) is 5.20. The zero-order valence-corrected chi connectivity index (χ0v) is 13.2. The minimum atomic E-state index is -0.566. The first kappa shape index (κ1) is 16.3. The summed E-state index contributed by atoms with van der Waals surface area (Å²) in [6.07, 6.45) is 3.04. The number of hydrogen-bond donors (Lipinski definition) is 1. The van der Waals surface area contributed by atoms with E-state index in [1.807, 2.05) is 6.92 Å². The first-order chi connectivity index (χ1) is 10.5. The molecule has 114 valence electrons. The fourth-order valence-corrected chi connectivity index (χ4v) is 2.08. The molecule has 0 spiro atoms. The number of hydrazone groups is 1. The summed E-state index contributed by atoms with van der Waals surface area (Å²) >= 11 is 11.7. The first-order valence-electron chi connectivity index (χ1n) is 6.51. The van der Waals surface area contributed by atoms with Gasteiger partial charge in [0.25, 0.3) is 11.5 Å². The van der Waals surface area contributed by atoms with Crippen LogP contribution in [0.2, 0.25) is 10.0 Å². The topological polar surface area (TPSA) is 63.5 Å². The molecule has 0 radical (unpaired) electrons. The molecule has 2 rings (SSSR count). The van der Waals surface area contributed by atoms with Gasteiger partial charge in [-0.15, -0.1) is 0 Å². The summed E-state index contributed by atoms with van der Waals surface area (Å²) in [7, 11) is 0. The van der Waals surface area contributed by atoms with Gasteiger partial charge in [-0.3, -0.25) is 9.59 Å². The van der Waals surface area contributed by atoms with Gasteiger partial charge < -0.3 is 4.57 Å². The smallest absolute Gasteiger partial charge is 0.276 e. The van der Waals surface area contributed by atoms with E-state index in [9.17, 15) is 9.59 Å². The van der Waals surface area contributed by atoms with Gasteiger partial charge in [0.05, 0.1) is 16.3 Å². The van der Waals surface area contributed by atoms with E-state index in [2.05, 4.69) is 10.5 Å². The number of aryl methyl sites for hydroxylation is 1. The minimum absolute atomic E-state index is 0.0376. The summed E-state index contributed by atoms with van der Waals surface area (Å²) in [5.41, 5.74) is 2.67. The molecule has 1 heterocycles. The Morgan fingerprint density at radius 3 is 2.77 bits per heavy atom. The number of benzene rings is 1. The molecule has 5 nitrogen and oxygen atoms in total. The van der Waals surface area contributed by atoms with Crippen molar-refractivity contribution in [1.82, 2.24) is 9.99 Å². The number of nitrogens with zero attached hydrogens (tertiary/aromatic N) is 2. The molecule has 7 heteroatoms. The molecule has 0 atom stereocenters. The largest absolute Gasteiger partial charge is 0.315 e. The average Bonchev–Trinajstić information content (AvgIpc) is 2.51. The normalized spacial score (nSPS) is 10.9. The summed E-state index contributed by atoms with van der Waals surface area (Å²) in [4.78, 5) is 23.9. The van der Waals surface area contributed by atoms with E-state index in [1.54, 1.807) is 30.5 Å². The number of carbonyl (C=O) groups is 1. The molecule has 1 N–H and O–H groups in total. The first-order valence-corrected chi connectivity index (χ1v) is 7.26. The molecular formula is C15H13Cl2N3O2. The van der Waals surface area contributed by atoms with E-state index >= 15 is 0 Å². The van der Waals surface area contributed by atoms with E-state index in [-0.39, 0.29) is 11.1 Å². The van der Waals surface area contributed by atoms with Gasteiger partial charge >= 0.3 is 0 Å². The summed E-state index contributed by atoms with van der Waals surface area (Å²) in [5, 5.41) is 4.64. The molecule has 0 aliphatic heterocycles. The number of carbonyl (C=O) groups excluding carboxylic acids is 1. The van der Waals surface area contributed by atoms with E-state index in [1.165, 1.54) is 16.8 Å². The third-order valence-electron chi connectivity index (χ3n) is 2.93. The molecule has 0 saturated carbocycles. The maximum atomic E-state index is 12.0. The Morgan fingerprint density at radius 1 is 1.32 bits per heavy atom. The lowest BCUT2D eigenvalue weighted by Crippen LogP contribution is -2.30. The van der Waals surface area contributed by atoms with Crippen LogP contribution in [0.4, 0.5) is 0 Å². The van der Waals surface area contributed by atoms with Gasteiger partial charge in [0.15, 0.2) is 0 Å². The fraction of sp³-hybridized carbons (Fsp3) is 0.133. The molecule has 2 aromatic rings. The van der Waals surface area contributed by atoms with Crippen molar-refractivity contribution in [2.45, 2.75) is 13.5 Å². The van der Waals surface area contributed by atoms with Crippen molar-refractivity contribution in [2.24, 2.45) is 5.10 Å². The summed E-state index contributed by atoms with van der Waals surface area (Å²) in [5.74, 6) is -0.566. The minimum Gasteiger partial charge on any atom is -0.315 e. The van der Waals surface area contributed by atoms with Crippen LogP contribution < -0.4 is 11.0 Å². The lowest BCUT2D eigenvalue weighted by Gasteiger charge is -2.04. The highest BCUT2D eigenvalue weighted by atomic mass is 35.5. The Kier molecular flexibility index (Phi) is 5.35. The molecular weight excluding hydrogens is 325 g/mol. The van der Waals surface area contributed by atoms with Crippen LogP contribution in [0.5, 0.6) is 0 Å². The van der Waals surface area contributed by atoms with Crippen molar-refractivity contribution in [2.75, 3.05) is 0 Å². The van der Waals surface area contributed by atoms with Gasteiger partial charge in [0, 0.05) is 12.7 Å². The van der Waals surface area contributed by atoms with Crippen LogP contribution in [0.15, 0.2) is 46.4 Å².